The van der Waals surface area contributed by atoms with Gasteiger partial charge in [-0.15, -0.1) is 0 Å². The third kappa shape index (κ3) is 4.49. The molecule has 21 heavy (non-hydrogen) atoms. The topological polar surface area (TPSA) is 80.5 Å². The fraction of sp³-hybridized carbons (Fsp3) is 0.462. The second-order valence-electron chi connectivity index (χ2n) is 5.01. The van der Waals surface area contributed by atoms with Gasteiger partial charge in [0.05, 0.1) is 5.56 Å². The molecule has 0 aliphatic carbocycles. The maximum Gasteiger partial charge on any atom is 0.254 e. The van der Waals surface area contributed by atoms with Crippen molar-refractivity contribution < 1.29 is 17.6 Å². The quantitative estimate of drug-likeness (QED) is 0.850. The van der Waals surface area contributed by atoms with E-state index in [1.807, 2.05) is 13.8 Å². The molecule has 0 spiro atoms. The van der Waals surface area contributed by atoms with E-state index in [2.05, 4.69) is 15.9 Å². The van der Waals surface area contributed by atoms with Gasteiger partial charge in [0.15, 0.2) is 0 Å². The third-order valence-corrected chi connectivity index (χ3v) is 4.77. The Morgan fingerprint density at radius 1 is 1.48 bits per heavy atom. The first-order chi connectivity index (χ1) is 9.57. The highest BCUT2D eigenvalue weighted by Gasteiger charge is 2.22. The number of rotatable bonds is 5. The molecule has 8 heteroatoms. The Hall–Kier alpha value is -0.990. The Kier molecular flexibility index (Phi) is 5.89. The molecular weight excluding hydrogens is 363 g/mol. The summed E-state index contributed by atoms with van der Waals surface area (Å²) in [5, 5.41) is 4.95. The fourth-order valence-corrected chi connectivity index (χ4v) is 2.89. The van der Waals surface area contributed by atoms with E-state index >= 15 is 0 Å². The van der Waals surface area contributed by atoms with Gasteiger partial charge >= 0.3 is 0 Å². The Morgan fingerprint density at radius 3 is 2.52 bits per heavy atom. The number of hydrogen-bond acceptors (Lipinski definition) is 3. The zero-order valence-electron chi connectivity index (χ0n) is 12.1. The number of hydrogen-bond donors (Lipinski definition) is 1. The van der Waals surface area contributed by atoms with E-state index in [1.165, 1.54) is 4.90 Å². The van der Waals surface area contributed by atoms with E-state index in [1.54, 1.807) is 7.05 Å². The molecule has 0 radical (unpaired) electrons. The highest BCUT2D eigenvalue weighted by atomic mass is 79.9. The number of benzene rings is 1. The van der Waals surface area contributed by atoms with Crippen molar-refractivity contribution >= 4 is 31.9 Å². The molecule has 5 nitrogen and oxygen atoms in total. The first-order valence-electron chi connectivity index (χ1n) is 6.35. The zero-order valence-corrected chi connectivity index (χ0v) is 14.5. The number of carbonyl (C=O) groups excluding carboxylic acids is 1. The van der Waals surface area contributed by atoms with Crippen molar-refractivity contribution in [2.45, 2.75) is 25.2 Å². The van der Waals surface area contributed by atoms with Gasteiger partial charge in [0.25, 0.3) is 5.91 Å². The molecular formula is C13H18BrFN2O3S. The van der Waals surface area contributed by atoms with Gasteiger partial charge in [-0.2, -0.15) is 0 Å². The lowest BCUT2D eigenvalue weighted by molar-refractivity contribution is 0.0773. The minimum atomic E-state index is -4.23. The van der Waals surface area contributed by atoms with Crippen LogP contribution in [0.3, 0.4) is 0 Å². The van der Waals surface area contributed by atoms with Crippen molar-refractivity contribution in [3.8, 4) is 0 Å². The molecule has 0 saturated carbocycles. The summed E-state index contributed by atoms with van der Waals surface area (Å²) in [5.41, 5.74) is 0.0613. The molecule has 1 atom stereocenters. The van der Waals surface area contributed by atoms with Crippen LogP contribution in [-0.2, 0) is 10.0 Å². The number of amides is 1. The monoisotopic (exact) mass is 380 g/mol. The molecule has 0 aliphatic heterocycles. The molecule has 118 valence electrons. The van der Waals surface area contributed by atoms with Crippen LogP contribution in [0.2, 0.25) is 0 Å². The van der Waals surface area contributed by atoms with Crippen LogP contribution in [0, 0.1) is 11.7 Å². The number of nitrogens with two attached hydrogens (primary N) is 1. The molecule has 0 heterocycles. The minimum absolute atomic E-state index is 0.0613. The Balaban J connectivity index is 3.22. The van der Waals surface area contributed by atoms with Crippen LogP contribution in [0.4, 0.5) is 4.39 Å². The van der Waals surface area contributed by atoms with Crippen molar-refractivity contribution in [2.24, 2.45) is 11.1 Å². The molecule has 0 saturated heterocycles. The molecule has 0 bridgehead atoms. The van der Waals surface area contributed by atoms with E-state index in [0.29, 0.717) is 12.5 Å². The lowest BCUT2D eigenvalue weighted by Crippen LogP contribution is -2.31. The van der Waals surface area contributed by atoms with Crippen molar-refractivity contribution in [1.82, 2.24) is 4.90 Å². The largest absolute Gasteiger partial charge is 0.341 e. The van der Waals surface area contributed by atoms with Crippen LogP contribution in [0.15, 0.2) is 21.5 Å². The summed E-state index contributed by atoms with van der Waals surface area (Å²) in [6, 6.07) is 1.90. The second kappa shape index (κ2) is 6.85. The smallest absolute Gasteiger partial charge is 0.254 e. The van der Waals surface area contributed by atoms with Gasteiger partial charge in [-0.3, -0.25) is 4.79 Å². The van der Waals surface area contributed by atoms with Crippen LogP contribution >= 0.6 is 15.9 Å². The summed E-state index contributed by atoms with van der Waals surface area (Å²) in [6.45, 7) is 4.53. The second-order valence-corrected chi connectivity index (χ2v) is 7.39. The van der Waals surface area contributed by atoms with Gasteiger partial charge in [-0.05, 0) is 34.0 Å². The van der Waals surface area contributed by atoms with Gasteiger partial charge in [0.2, 0.25) is 10.0 Å². The molecule has 1 unspecified atom stereocenters. The van der Waals surface area contributed by atoms with E-state index in [9.17, 15) is 17.6 Å². The summed E-state index contributed by atoms with van der Waals surface area (Å²) in [4.78, 5) is 13.1. The van der Waals surface area contributed by atoms with E-state index in [0.717, 1.165) is 18.6 Å². The number of carbonyl (C=O) groups is 1. The Bertz CT molecular complexity index is 649. The van der Waals surface area contributed by atoms with Gasteiger partial charge in [0, 0.05) is 18.1 Å². The van der Waals surface area contributed by atoms with E-state index < -0.39 is 26.6 Å². The van der Waals surface area contributed by atoms with E-state index in [4.69, 9.17) is 5.14 Å². The molecule has 1 aromatic rings. The predicted octanol–water partition coefficient (Wildman–Crippen LogP) is 2.35. The third-order valence-electron chi connectivity index (χ3n) is 3.19. The molecule has 0 aromatic heterocycles. The molecule has 2 N–H and O–H groups in total. The number of primary sulfonamides is 1. The molecule has 1 rings (SSSR count). The molecule has 0 fully saturated rings. The number of nitrogens with zero attached hydrogens (tertiary/aromatic N) is 1. The highest BCUT2D eigenvalue weighted by molar-refractivity contribution is 9.10. The first-order valence-corrected chi connectivity index (χ1v) is 8.69. The standard InChI is InChI=1S/C13H18BrFN2O3S/c1-4-8(2)7-17(3)13(18)9-5-12(21(16,19)20)11(15)6-10(9)14/h5-6,8H,4,7H2,1-3H3,(H2,16,19,20). The summed E-state index contributed by atoms with van der Waals surface area (Å²) in [6.07, 6.45) is 0.907. The average Bonchev–Trinajstić information content (AvgIpc) is 2.36. The normalized spacial score (nSPS) is 13.0. The zero-order chi connectivity index (χ0) is 16.4. The lowest BCUT2D eigenvalue weighted by Gasteiger charge is -2.21. The summed E-state index contributed by atoms with van der Waals surface area (Å²) in [7, 11) is -2.61. The lowest BCUT2D eigenvalue weighted by atomic mass is 10.1. The number of halogens is 2. The highest BCUT2D eigenvalue weighted by Crippen LogP contribution is 2.25. The average molecular weight is 381 g/mol. The van der Waals surface area contributed by atoms with Crippen LogP contribution in [0.1, 0.15) is 30.6 Å². The van der Waals surface area contributed by atoms with Crippen molar-refractivity contribution in [3.63, 3.8) is 0 Å². The maximum absolute atomic E-state index is 13.6. The van der Waals surface area contributed by atoms with Crippen molar-refractivity contribution in [3.05, 3.63) is 28.0 Å². The maximum atomic E-state index is 13.6. The van der Waals surface area contributed by atoms with Crippen LogP contribution < -0.4 is 5.14 Å². The molecule has 1 amide bonds. The minimum Gasteiger partial charge on any atom is -0.341 e. The van der Waals surface area contributed by atoms with Gasteiger partial charge in [0.1, 0.15) is 10.7 Å². The number of sulfonamides is 1. The Labute approximate surface area is 132 Å². The SMILES string of the molecule is CCC(C)CN(C)C(=O)c1cc(S(N)(=O)=O)c(F)cc1Br. The van der Waals surface area contributed by atoms with Crippen LogP contribution in [0.5, 0.6) is 0 Å². The van der Waals surface area contributed by atoms with Crippen molar-refractivity contribution in [1.29, 1.82) is 0 Å². The summed E-state index contributed by atoms with van der Waals surface area (Å²) < 4.78 is 36.5. The summed E-state index contributed by atoms with van der Waals surface area (Å²) >= 11 is 3.08. The molecule has 1 aromatic carbocycles. The van der Waals surface area contributed by atoms with Crippen LogP contribution in [-0.4, -0.2) is 32.8 Å². The van der Waals surface area contributed by atoms with E-state index in [-0.39, 0.29) is 10.0 Å². The first kappa shape index (κ1) is 18.1. The van der Waals surface area contributed by atoms with Crippen LogP contribution in [0.25, 0.3) is 0 Å². The molecule has 0 aliphatic rings. The van der Waals surface area contributed by atoms with Gasteiger partial charge in [-0.1, -0.05) is 20.3 Å². The Morgan fingerprint density at radius 2 is 2.05 bits per heavy atom. The fourth-order valence-electron chi connectivity index (χ4n) is 1.80. The predicted molar refractivity (Wildman–Crippen MR) is 81.9 cm³/mol. The van der Waals surface area contributed by atoms with Crippen molar-refractivity contribution in [2.75, 3.05) is 13.6 Å². The summed E-state index contributed by atoms with van der Waals surface area (Å²) in [5.74, 6) is -1.09. The van der Waals surface area contributed by atoms with Gasteiger partial charge in [-0.25, -0.2) is 17.9 Å². The van der Waals surface area contributed by atoms with Gasteiger partial charge < -0.3 is 4.90 Å².